The number of unbranched alkanes of at least 4 members (excludes halogenated alkanes) is 9. The first-order valence-corrected chi connectivity index (χ1v) is 15.3. The summed E-state index contributed by atoms with van der Waals surface area (Å²) in [5.74, 6) is 2.00. The summed E-state index contributed by atoms with van der Waals surface area (Å²) in [7, 11) is 0. The first-order valence-electron chi connectivity index (χ1n) is 15.3. The second-order valence-electron chi connectivity index (χ2n) is 10.9. The lowest BCUT2D eigenvalue weighted by molar-refractivity contribution is 0.219. The third kappa shape index (κ3) is 14.5. The Morgan fingerprint density at radius 1 is 0.703 bits per heavy atom. The minimum absolute atomic E-state index is 0.364. The topological polar surface area (TPSA) is 35.0 Å². The van der Waals surface area contributed by atoms with Crippen molar-refractivity contribution < 1.29 is 9.13 Å². The van der Waals surface area contributed by atoms with Crippen LogP contribution in [0.3, 0.4) is 0 Å². The number of alkyl halides is 1. The van der Waals surface area contributed by atoms with E-state index in [9.17, 15) is 4.39 Å². The molecule has 2 atom stereocenters. The summed E-state index contributed by atoms with van der Waals surface area (Å²) >= 11 is 0. The van der Waals surface area contributed by atoms with E-state index < -0.39 is 6.17 Å². The number of hydrogen-bond donors (Lipinski definition) is 0. The molecule has 0 amide bonds. The Kier molecular flexibility index (Phi) is 16.9. The van der Waals surface area contributed by atoms with Gasteiger partial charge in [-0.25, -0.2) is 14.4 Å². The van der Waals surface area contributed by atoms with Gasteiger partial charge in [0.25, 0.3) is 0 Å². The van der Waals surface area contributed by atoms with E-state index in [1.807, 2.05) is 0 Å². The maximum absolute atomic E-state index is 14.2. The highest BCUT2D eigenvalue weighted by Crippen LogP contribution is 2.20. The normalized spacial score (nSPS) is 13.0. The summed E-state index contributed by atoms with van der Waals surface area (Å²) in [6.07, 6.45) is 22.9. The van der Waals surface area contributed by atoms with Crippen LogP contribution in [0.4, 0.5) is 4.39 Å². The van der Waals surface area contributed by atoms with Crippen LogP contribution in [0.15, 0.2) is 36.7 Å². The molecule has 3 nitrogen and oxygen atoms in total. The lowest BCUT2D eigenvalue weighted by atomic mass is 9.97. The fourth-order valence-electron chi connectivity index (χ4n) is 4.83. The van der Waals surface area contributed by atoms with E-state index in [0.717, 1.165) is 24.8 Å². The Balaban J connectivity index is 1.60. The Morgan fingerprint density at radius 2 is 1.30 bits per heavy atom. The first-order chi connectivity index (χ1) is 18.1. The molecule has 0 aliphatic rings. The van der Waals surface area contributed by atoms with Gasteiger partial charge in [-0.3, -0.25) is 0 Å². The highest BCUT2D eigenvalue weighted by Gasteiger charge is 2.09. The highest BCUT2D eigenvalue weighted by molar-refractivity contribution is 5.55. The summed E-state index contributed by atoms with van der Waals surface area (Å²) in [6, 6.07) is 8.60. The molecule has 0 bridgehead atoms. The largest absolute Gasteiger partial charge is 0.490 e. The van der Waals surface area contributed by atoms with Crippen LogP contribution < -0.4 is 4.74 Å². The van der Waals surface area contributed by atoms with Crippen molar-refractivity contribution >= 4 is 0 Å². The monoisotopic (exact) mass is 512 g/mol. The molecule has 208 valence electrons. The summed E-state index contributed by atoms with van der Waals surface area (Å²) in [6.45, 7) is 7.14. The maximum atomic E-state index is 14.2. The molecule has 0 aliphatic carbocycles. The summed E-state index contributed by atoms with van der Waals surface area (Å²) in [5.41, 5.74) is 2.39. The minimum atomic E-state index is -0.798. The van der Waals surface area contributed by atoms with Gasteiger partial charge in [0.05, 0.1) is 19.0 Å². The molecule has 2 aromatic rings. The van der Waals surface area contributed by atoms with Crippen LogP contribution in [0.2, 0.25) is 0 Å². The van der Waals surface area contributed by atoms with E-state index in [2.05, 4.69) is 55.0 Å². The lowest BCUT2D eigenvalue weighted by Gasteiger charge is -2.13. The van der Waals surface area contributed by atoms with Crippen LogP contribution in [-0.2, 0) is 6.42 Å². The molecular formula is C33H53FN2O. The van der Waals surface area contributed by atoms with Gasteiger partial charge in [0.2, 0.25) is 0 Å². The van der Waals surface area contributed by atoms with Crippen molar-refractivity contribution in [2.24, 2.45) is 5.92 Å². The average Bonchev–Trinajstić information content (AvgIpc) is 2.92. The molecule has 2 unspecified atom stereocenters. The molecule has 0 saturated heterocycles. The van der Waals surface area contributed by atoms with E-state index in [1.165, 1.54) is 82.6 Å². The second kappa shape index (κ2) is 20.1. The molecule has 37 heavy (non-hydrogen) atoms. The zero-order chi connectivity index (χ0) is 26.6. The second-order valence-corrected chi connectivity index (χ2v) is 10.9. The predicted molar refractivity (Wildman–Crippen MR) is 156 cm³/mol. The molecule has 0 saturated carbocycles. The standard InChI is InChI=1S/C33H53FN2O/c1-4-6-8-9-10-11-12-13-14-18-29-20-22-30(23-21-29)33-35-26-32(27-36-33)37-25-24-31(34)19-15-17-28(3)16-7-5-2/h20-23,26-28,31H,4-19,24-25H2,1-3H3. The van der Waals surface area contributed by atoms with E-state index in [1.54, 1.807) is 12.4 Å². The van der Waals surface area contributed by atoms with Crippen LogP contribution in [0.5, 0.6) is 5.75 Å². The number of benzene rings is 1. The third-order valence-electron chi connectivity index (χ3n) is 7.37. The summed E-state index contributed by atoms with van der Waals surface area (Å²) < 4.78 is 19.9. The van der Waals surface area contributed by atoms with Gasteiger partial charge < -0.3 is 4.74 Å². The van der Waals surface area contributed by atoms with Crippen molar-refractivity contribution in [3.05, 3.63) is 42.2 Å². The van der Waals surface area contributed by atoms with Crippen LogP contribution >= 0.6 is 0 Å². The van der Waals surface area contributed by atoms with Gasteiger partial charge in [0.1, 0.15) is 6.17 Å². The van der Waals surface area contributed by atoms with Crippen molar-refractivity contribution in [3.8, 4) is 17.1 Å². The fourth-order valence-corrected chi connectivity index (χ4v) is 4.83. The van der Waals surface area contributed by atoms with Crippen molar-refractivity contribution in [1.82, 2.24) is 9.97 Å². The van der Waals surface area contributed by atoms with Crippen molar-refractivity contribution in [3.63, 3.8) is 0 Å². The lowest BCUT2D eigenvalue weighted by Crippen LogP contribution is -2.08. The van der Waals surface area contributed by atoms with Crippen molar-refractivity contribution in [1.29, 1.82) is 0 Å². The molecule has 0 aliphatic heterocycles. The van der Waals surface area contributed by atoms with Crippen molar-refractivity contribution in [2.75, 3.05) is 6.61 Å². The smallest absolute Gasteiger partial charge is 0.159 e. The Bertz CT molecular complexity index is 793. The number of nitrogens with zero attached hydrogens (tertiary/aromatic N) is 2. The van der Waals surface area contributed by atoms with Gasteiger partial charge in [-0.2, -0.15) is 0 Å². The molecule has 0 spiro atoms. The fraction of sp³-hybridized carbons (Fsp3) is 0.697. The number of halogens is 1. The van der Waals surface area contributed by atoms with E-state index >= 15 is 0 Å². The maximum Gasteiger partial charge on any atom is 0.159 e. The average molecular weight is 513 g/mol. The minimum Gasteiger partial charge on any atom is -0.490 e. The SMILES string of the molecule is CCCCCCCCCCCc1ccc(-c2ncc(OCCC(F)CCCC(C)CCCC)cn2)cc1. The molecular weight excluding hydrogens is 459 g/mol. The number of aromatic nitrogens is 2. The highest BCUT2D eigenvalue weighted by atomic mass is 19.1. The molecule has 0 fully saturated rings. The first kappa shape index (κ1) is 31.2. The zero-order valence-electron chi connectivity index (χ0n) is 24.0. The Labute approximate surface area is 227 Å². The Morgan fingerprint density at radius 3 is 1.95 bits per heavy atom. The van der Waals surface area contributed by atoms with Crippen LogP contribution in [0, 0.1) is 5.92 Å². The molecule has 4 heteroatoms. The van der Waals surface area contributed by atoms with Crippen LogP contribution in [0.25, 0.3) is 11.4 Å². The van der Waals surface area contributed by atoms with E-state index in [-0.39, 0.29) is 0 Å². The number of hydrogen-bond acceptors (Lipinski definition) is 3. The summed E-state index contributed by atoms with van der Waals surface area (Å²) in [4.78, 5) is 8.92. The van der Waals surface area contributed by atoms with Crippen LogP contribution in [0.1, 0.15) is 129 Å². The molecule has 1 heterocycles. The predicted octanol–water partition coefficient (Wildman–Crippen LogP) is 10.3. The summed E-state index contributed by atoms with van der Waals surface area (Å²) in [5, 5.41) is 0. The van der Waals surface area contributed by atoms with E-state index in [0.29, 0.717) is 36.9 Å². The third-order valence-corrected chi connectivity index (χ3v) is 7.37. The van der Waals surface area contributed by atoms with Crippen molar-refractivity contribution in [2.45, 2.75) is 136 Å². The molecule has 1 aromatic carbocycles. The van der Waals surface area contributed by atoms with Gasteiger partial charge in [0, 0.05) is 12.0 Å². The number of ether oxygens (including phenoxy) is 1. The van der Waals surface area contributed by atoms with Gasteiger partial charge in [0.15, 0.2) is 11.6 Å². The quantitative estimate of drug-likeness (QED) is 0.147. The van der Waals surface area contributed by atoms with Gasteiger partial charge in [-0.05, 0) is 30.7 Å². The Hall–Kier alpha value is -1.97. The number of aryl methyl sites for hydroxylation is 1. The van der Waals surface area contributed by atoms with Gasteiger partial charge in [-0.1, -0.05) is 129 Å². The van der Waals surface area contributed by atoms with Crippen LogP contribution in [-0.4, -0.2) is 22.7 Å². The molecule has 2 rings (SSSR count). The van der Waals surface area contributed by atoms with E-state index in [4.69, 9.17) is 4.74 Å². The van der Waals surface area contributed by atoms with Gasteiger partial charge in [-0.15, -0.1) is 0 Å². The molecule has 0 N–H and O–H groups in total. The number of rotatable bonds is 22. The molecule has 0 radical (unpaired) electrons. The molecule has 1 aromatic heterocycles. The van der Waals surface area contributed by atoms with Gasteiger partial charge >= 0.3 is 0 Å². The zero-order valence-corrected chi connectivity index (χ0v) is 24.0.